The van der Waals surface area contributed by atoms with Gasteiger partial charge in [0.1, 0.15) is 0 Å². The van der Waals surface area contributed by atoms with Gasteiger partial charge in [0.15, 0.2) is 6.29 Å². The monoisotopic (exact) mass is 193 g/mol. The Labute approximate surface area is 83.4 Å². The molecule has 0 fully saturated rings. The molecule has 0 saturated carbocycles. The van der Waals surface area contributed by atoms with E-state index in [1.165, 1.54) is 0 Å². The van der Waals surface area contributed by atoms with Crippen molar-refractivity contribution < 1.29 is 4.79 Å². The Morgan fingerprint density at radius 3 is 2.64 bits per heavy atom. The predicted molar refractivity (Wildman–Crippen MR) is 55.8 cm³/mol. The van der Waals surface area contributed by atoms with Crippen molar-refractivity contribution in [2.24, 2.45) is 0 Å². The first-order valence-electron chi connectivity index (χ1n) is 4.91. The molecule has 0 aromatic carbocycles. The van der Waals surface area contributed by atoms with Gasteiger partial charge in [-0.25, -0.2) is 0 Å². The molecule has 0 saturated heterocycles. The minimum Gasteiger partial charge on any atom is -0.315 e. The van der Waals surface area contributed by atoms with E-state index in [1.807, 2.05) is 20.0 Å². The Kier molecular flexibility index (Phi) is 3.63. The molecule has 0 aliphatic heterocycles. The van der Waals surface area contributed by atoms with E-state index in [1.54, 1.807) is 10.6 Å². The third-order valence-electron chi connectivity index (χ3n) is 2.17. The van der Waals surface area contributed by atoms with Crippen molar-refractivity contribution in [3.05, 3.63) is 33.7 Å². The van der Waals surface area contributed by atoms with Crippen LogP contribution in [0.1, 0.15) is 36.2 Å². The summed E-state index contributed by atoms with van der Waals surface area (Å²) in [5, 5.41) is 0. The number of pyridine rings is 1. The molecule has 1 aromatic heterocycles. The summed E-state index contributed by atoms with van der Waals surface area (Å²) >= 11 is 0. The molecule has 0 spiro atoms. The van der Waals surface area contributed by atoms with E-state index in [0.717, 1.165) is 18.4 Å². The van der Waals surface area contributed by atoms with Crippen LogP contribution in [-0.2, 0) is 13.0 Å². The summed E-state index contributed by atoms with van der Waals surface area (Å²) in [4.78, 5) is 22.2. The lowest BCUT2D eigenvalue weighted by atomic mass is 10.1. The van der Waals surface area contributed by atoms with Crippen LogP contribution in [0.25, 0.3) is 0 Å². The Balaban J connectivity index is 3.26. The normalized spacial score (nSPS) is 10.1. The van der Waals surface area contributed by atoms with Crippen molar-refractivity contribution in [2.75, 3.05) is 0 Å². The second-order valence-electron chi connectivity index (χ2n) is 3.27. The maximum atomic E-state index is 11.6. The van der Waals surface area contributed by atoms with Gasteiger partial charge in [-0.1, -0.05) is 13.8 Å². The van der Waals surface area contributed by atoms with Crippen LogP contribution in [0, 0.1) is 0 Å². The molecular formula is C11H15NO2. The summed E-state index contributed by atoms with van der Waals surface area (Å²) < 4.78 is 1.61. The molecule has 3 nitrogen and oxygen atoms in total. The predicted octanol–water partition coefficient (Wildman–Crippen LogP) is 1.63. The largest absolute Gasteiger partial charge is 0.315 e. The van der Waals surface area contributed by atoms with Gasteiger partial charge < -0.3 is 4.57 Å². The Morgan fingerprint density at radius 1 is 1.43 bits per heavy atom. The number of hydrogen-bond donors (Lipinski definition) is 0. The minimum atomic E-state index is -0.181. The number of carbonyl (C=O) groups excluding carboxylic acids is 1. The number of aldehydes is 1. The van der Waals surface area contributed by atoms with E-state index in [0.29, 0.717) is 12.8 Å². The summed E-state index contributed by atoms with van der Waals surface area (Å²) in [5.74, 6) is 0. The van der Waals surface area contributed by atoms with E-state index < -0.39 is 0 Å². The number of hydrogen-bond acceptors (Lipinski definition) is 2. The fourth-order valence-electron chi connectivity index (χ4n) is 1.41. The standard InChI is InChI=1S/C11H15NO2/c1-3-5-12-7-9(4-2)6-10(8-13)11(12)14/h6-8H,3-5H2,1-2H3. The van der Waals surface area contributed by atoms with Crippen LogP contribution in [0.4, 0.5) is 0 Å². The molecule has 1 heterocycles. The lowest BCUT2D eigenvalue weighted by Crippen LogP contribution is -2.23. The fraction of sp³-hybridized carbons (Fsp3) is 0.455. The van der Waals surface area contributed by atoms with Gasteiger partial charge in [-0.2, -0.15) is 0 Å². The van der Waals surface area contributed by atoms with Crippen LogP contribution < -0.4 is 5.56 Å². The van der Waals surface area contributed by atoms with Gasteiger partial charge in [0.25, 0.3) is 5.56 Å². The van der Waals surface area contributed by atoms with Crippen molar-refractivity contribution in [3.8, 4) is 0 Å². The molecule has 0 atom stereocenters. The molecule has 1 rings (SSSR count). The first-order chi connectivity index (χ1) is 6.72. The number of rotatable bonds is 4. The van der Waals surface area contributed by atoms with E-state index >= 15 is 0 Å². The molecule has 0 unspecified atom stereocenters. The van der Waals surface area contributed by atoms with Gasteiger partial charge in [0.05, 0.1) is 5.56 Å². The topological polar surface area (TPSA) is 39.1 Å². The molecule has 0 N–H and O–H groups in total. The van der Waals surface area contributed by atoms with Gasteiger partial charge in [0, 0.05) is 12.7 Å². The highest BCUT2D eigenvalue weighted by molar-refractivity contribution is 5.74. The van der Waals surface area contributed by atoms with Crippen LogP contribution in [0.15, 0.2) is 17.1 Å². The Bertz CT molecular complexity index is 379. The molecule has 0 radical (unpaired) electrons. The lowest BCUT2D eigenvalue weighted by molar-refractivity contribution is 0.112. The van der Waals surface area contributed by atoms with E-state index in [2.05, 4.69) is 0 Å². The molecule has 76 valence electrons. The molecule has 0 aliphatic rings. The highest BCUT2D eigenvalue weighted by Crippen LogP contribution is 2.00. The van der Waals surface area contributed by atoms with Gasteiger partial charge in [-0.15, -0.1) is 0 Å². The quantitative estimate of drug-likeness (QED) is 0.682. The highest BCUT2D eigenvalue weighted by Gasteiger charge is 2.04. The van der Waals surface area contributed by atoms with Gasteiger partial charge in [-0.05, 0) is 24.5 Å². The number of nitrogens with zero attached hydrogens (tertiary/aromatic N) is 1. The first-order valence-corrected chi connectivity index (χ1v) is 4.91. The molecule has 1 aromatic rings. The zero-order valence-corrected chi connectivity index (χ0v) is 8.62. The van der Waals surface area contributed by atoms with Crippen LogP contribution >= 0.6 is 0 Å². The van der Waals surface area contributed by atoms with Crippen molar-refractivity contribution in [1.29, 1.82) is 0 Å². The SMILES string of the molecule is CCCn1cc(CC)cc(C=O)c1=O. The first kappa shape index (κ1) is 10.7. The second kappa shape index (κ2) is 4.74. The Morgan fingerprint density at radius 2 is 2.14 bits per heavy atom. The summed E-state index contributed by atoms with van der Waals surface area (Å²) in [6.45, 7) is 4.68. The summed E-state index contributed by atoms with van der Waals surface area (Å²) in [5.41, 5.74) is 1.11. The van der Waals surface area contributed by atoms with E-state index in [4.69, 9.17) is 0 Å². The zero-order valence-electron chi connectivity index (χ0n) is 8.62. The number of aromatic nitrogens is 1. The average molecular weight is 193 g/mol. The van der Waals surface area contributed by atoms with Crippen LogP contribution in [0.5, 0.6) is 0 Å². The second-order valence-corrected chi connectivity index (χ2v) is 3.27. The zero-order chi connectivity index (χ0) is 10.6. The molecular weight excluding hydrogens is 178 g/mol. The summed E-state index contributed by atoms with van der Waals surface area (Å²) in [6.07, 6.45) is 4.20. The smallest absolute Gasteiger partial charge is 0.261 e. The average Bonchev–Trinajstić information content (AvgIpc) is 2.21. The van der Waals surface area contributed by atoms with Gasteiger partial charge in [0.2, 0.25) is 0 Å². The number of carbonyl (C=O) groups is 1. The van der Waals surface area contributed by atoms with Crippen molar-refractivity contribution in [3.63, 3.8) is 0 Å². The van der Waals surface area contributed by atoms with Gasteiger partial charge in [-0.3, -0.25) is 9.59 Å². The van der Waals surface area contributed by atoms with Crippen LogP contribution in [0.2, 0.25) is 0 Å². The molecule has 3 heteroatoms. The van der Waals surface area contributed by atoms with E-state index in [9.17, 15) is 9.59 Å². The number of aryl methyl sites for hydroxylation is 2. The Hall–Kier alpha value is -1.38. The minimum absolute atomic E-state index is 0.181. The highest BCUT2D eigenvalue weighted by atomic mass is 16.1. The third kappa shape index (κ3) is 2.10. The van der Waals surface area contributed by atoms with Crippen molar-refractivity contribution in [2.45, 2.75) is 33.2 Å². The molecule has 0 amide bonds. The third-order valence-corrected chi connectivity index (χ3v) is 2.17. The molecule has 0 bridgehead atoms. The molecule has 0 aliphatic carbocycles. The van der Waals surface area contributed by atoms with Gasteiger partial charge >= 0.3 is 0 Å². The van der Waals surface area contributed by atoms with Crippen molar-refractivity contribution in [1.82, 2.24) is 4.57 Å². The summed E-state index contributed by atoms with van der Waals surface area (Å²) in [6, 6.07) is 1.67. The van der Waals surface area contributed by atoms with Crippen LogP contribution in [0.3, 0.4) is 0 Å². The van der Waals surface area contributed by atoms with E-state index in [-0.39, 0.29) is 11.1 Å². The lowest BCUT2D eigenvalue weighted by Gasteiger charge is -2.06. The maximum Gasteiger partial charge on any atom is 0.261 e. The maximum absolute atomic E-state index is 11.6. The molecule has 14 heavy (non-hydrogen) atoms. The van der Waals surface area contributed by atoms with Crippen LogP contribution in [-0.4, -0.2) is 10.9 Å². The fourth-order valence-corrected chi connectivity index (χ4v) is 1.41. The summed E-state index contributed by atoms with van der Waals surface area (Å²) in [7, 11) is 0. The van der Waals surface area contributed by atoms with Crippen molar-refractivity contribution >= 4 is 6.29 Å².